The summed E-state index contributed by atoms with van der Waals surface area (Å²) in [5.41, 5.74) is 3.67. The molecule has 7 heteroatoms. The van der Waals surface area contributed by atoms with E-state index < -0.39 is 0 Å². The van der Waals surface area contributed by atoms with Crippen LogP contribution in [0.2, 0.25) is 10.0 Å². The molecule has 23 heavy (non-hydrogen) atoms. The van der Waals surface area contributed by atoms with Crippen molar-refractivity contribution in [1.82, 2.24) is 24.4 Å². The van der Waals surface area contributed by atoms with Gasteiger partial charge in [-0.1, -0.05) is 40.5 Å². The Morgan fingerprint density at radius 3 is 2.48 bits per heavy atom. The molecule has 0 bridgehead atoms. The van der Waals surface area contributed by atoms with Gasteiger partial charge in [0.05, 0.1) is 29.2 Å². The molecule has 0 aliphatic carbocycles. The van der Waals surface area contributed by atoms with Crippen LogP contribution in [0.3, 0.4) is 0 Å². The molecule has 1 aromatic carbocycles. The van der Waals surface area contributed by atoms with Gasteiger partial charge in [-0.25, -0.2) is 9.67 Å². The van der Waals surface area contributed by atoms with Gasteiger partial charge >= 0.3 is 0 Å². The zero-order valence-corrected chi connectivity index (χ0v) is 13.4. The van der Waals surface area contributed by atoms with Crippen LogP contribution in [0.25, 0.3) is 16.9 Å². The van der Waals surface area contributed by atoms with Crippen LogP contribution in [0.1, 0.15) is 5.69 Å². The number of aromatic nitrogens is 5. The third-order valence-electron chi connectivity index (χ3n) is 3.58. The van der Waals surface area contributed by atoms with E-state index in [0.717, 1.165) is 22.6 Å². The molecule has 4 rings (SSSR count). The first-order chi connectivity index (χ1) is 11.2. The minimum absolute atomic E-state index is 0.541. The van der Waals surface area contributed by atoms with Gasteiger partial charge in [0.1, 0.15) is 5.65 Å². The van der Waals surface area contributed by atoms with Gasteiger partial charge in [0.2, 0.25) is 0 Å². The Bertz CT molecular complexity index is 958. The quantitative estimate of drug-likeness (QED) is 0.565. The number of rotatable bonds is 3. The summed E-state index contributed by atoms with van der Waals surface area (Å²) in [5, 5.41) is 9.24. The molecular weight excluding hydrogens is 333 g/mol. The van der Waals surface area contributed by atoms with E-state index in [9.17, 15) is 0 Å². The van der Waals surface area contributed by atoms with E-state index in [1.54, 1.807) is 10.9 Å². The maximum Gasteiger partial charge on any atom is 0.137 e. The lowest BCUT2D eigenvalue weighted by atomic mass is 10.1. The third kappa shape index (κ3) is 2.69. The van der Waals surface area contributed by atoms with Crippen LogP contribution in [-0.4, -0.2) is 24.4 Å². The molecule has 0 unspecified atom stereocenters. The van der Waals surface area contributed by atoms with Gasteiger partial charge in [-0.05, 0) is 24.3 Å². The molecule has 4 aromatic rings. The highest BCUT2D eigenvalue weighted by molar-refractivity contribution is 6.30. The van der Waals surface area contributed by atoms with Crippen molar-refractivity contribution in [2.45, 2.75) is 6.54 Å². The summed E-state index contributed by atoms with van der Waals surface area (Å²) in [7, 11) is 0. The molecular formula is C16H11Cl2N5. The topological polar surface area (TPSA) is 48.0 Å². The number of imidazole rings is 1. The SMILES string of the molecule is Clc1ccc(-c2nc3ccc(Cl)cn3c2Cn2ccnn2)cc1. The highest BCUT2D eigenvalue weighted by atomic mass is 35.5. The van der Waals surface area contributed by atoms with Gasteiger partial charge in [0, 0.05) is 23.0 Å². The minimum Gasteiger partial charge on any atom is -0.300 e. The summed E-state index contributed by atoms with van der Waals surface area (Å²) >= 11 is 12.1. The molecule has 0 aliphatic rings. The Balaban J connectivity index is 1.93. The number of benzene rings is 1. The summed E-state index contributed by atoms with van der Waals surface area (Å²) in [6.07, 6.45) is 5.32. The monoisotopic (exact) mass is 343 g/mol. The van der Waals surface area contributed by atoms with Crippen LogP contribution >= 0.6 is 23.2 Å². The first-order valence-corrected chi connectivity index (χ1v) is 7.73. The van der Waals surface area contributed by atoms with Crippen LogP contribution in [0.4, 0.5) is 0 Å². The molecule has 0 spiro atoms. The molecule has 0 saturated carbocycles. The lowest BCUT2D eigenvalue weighted by molar-refractivity contribution is 0.636. The van der Waals surface area contributed by atoms with Gasteiger partial charge in [0.15, 0.2) is 0 Å². The van der Waals surface area contributed by atoms with Crippen LogP contribution in [0, 0.1) is 0 Å². The van der Waals surface area contributed by atoms with Gasteiger partial charge in [-0.3, -0.25) is 0 Å². The second kappa shape index (κ2) is 5.68. The average Bonchev–Trinajstić information content (AvgIpc) is 3.17. The molecule has 0 aliphatic heterocycles. The summed E-state index contributed by atoms with van der Waals surface area (Å²) in [6, 6.07) is 11.3. The number of nitrogens with zero attached hydrogens (tertiary/aromatic N) is 5. The predicted octanol–water partition coefficient (Wildman–Crippen LogP) is 3.95. The number of pyridine rings is 1. The Labute approximate surface area is 142 Å². The van der Waals surface area contributed by atoms with E-state index in [1.807, 2.05) is 53.2 Å². The largest absolute Gasteiger partial charge is 0.300 e. The molecule has 114 valence electrons. The van der Waals surface area contributed by atoms with E-state index >= 15 is 0 Å². The molecule has 0 atom stereocenters. The Hall–Kier alpha value is -2.37. The standard InChI is InChI=1S/C16H11Cl2N5/c17-12-3-1-11(2-4-12)16-14(10-22-8-7-19-21-22)23-9-13(18)5-6-15(23)20-16/h1-9H,10H2. The fourth-order valence-electron chi connectivity index (χ4n) is 2.53. The molecule has 3 aromatic heterocycles. The van der Waals surface area contributed by atoms with Gasteiger partial charge in [-0.15, -0.1) is 5.10 Å². The van der Waals surface area contributed by atoms with E-state index in [0.29, 0.717) is 16.6 Å². The number of fused-ring (bicyclic) bond motifs is 1. The Morgan fingerprint density at radius 2 is 1.74 bits per heavy atom. The third-order valence-corrected chi connectivity index (χ3v) is 4.06. The first kappa shape index (κ1) is 14.2. The summed E-state index contributed by atoms with van der Waals surface area (Å²) < 4.78 is 3.73. The lowest BCUT2D eigenvalue weighted by Gasteiger charge is -2.06. The highest BCUT2D eigenvalue weighted by Crippen LogP contribution is 2.27. The number of hydrogen-bond acceptors (Lipinski definition) is 3. The van der Waals surface area contributed by atoms with Crippen molar-refractivity contribution in [3.63, 3.8) is 0 Å². The average molecular weight is 344 g/mol. The molecule has 3 heterocycles. The van der Waals surface area contributed by atoms with Gasteiger partial charge in [-0.2, -0.15) is 0 Å². The Morgan fingerprint density at radius 1 is 0.957 bits per heavy atom. The first-order valence-electron chi connectivity index (χ1n) is 6.97. The van der Waals surface area contributed by atoms with E-state index in [1.165, 1.54) is 0 Å². The fourth-order valence-corrected chi connectivity index (χ4v) is 2.81. The van der Waals surface area contributed by atoms with Crippen LogP contribution in [0.15, 0.2) is 55.0 Å². The van der Waals surface area contributed by atoms with Crippen molar-refractivity contribution in [3.05, 3.63) is 70.7 Å². The van der Waals surface area contributed by atoms with Crippen molar-refractivity contribution in [2.75, 3.05) is 0 Å². The van der Waals surface area contributed by atoms with E-state index in [-0.39, 0.29) is 0 Å². The normalized spacial score (nSPS) is 11.2. The number of hydrogen-bond donors (Lipinski definition) is 0. The van der Waals surface area contributed by atoms with Crippen molar-refractivity contribution < 1.29 is 0 Å². The van der Waals surface area contributed by atoms with E-state index in [4.69, 9.17) is 28.2 Å². The maximum absolute atomic E-state index is 6.15. The maximum atomic E-state index is 6.15. The minimum atomic E-state index is 0.541. The summed E-state index contributed by atoms with van der Waals surface area (Å²) in [4.78, 5) is 4.73. The zero-order chi connectivity index (χ0) is 15.8. The van der Waals surface area contributed by atoms with Crippen molar-refractivity contribution >= 4 is 28.8 Å². The van der Waals surface area contributed by atoms with Crippen LogP contribution in [-0.2, 0) is 6.54 Å². The molecule has 0 fully saturated rings. The Kier molecular flexibility index (Phi) is 3.52. The second-order valence-corrected chi connectivity index (χ2v) is 5.96. The zero-order valence-electron chi connectivity index (χ0n) is 11.9. The smallest absolute Gasteiger partial charge is 0.137 e. The fraction of sp³-hybridized carbons (Fsp3) is 0.0625. The lowest BCUT2D eigenvalue weighted by Crippen LogP contribution is -2.05. The molecule has 0 N–H and O–H groups in total. The van der Waals surface area contributed by atoms with Crippen molar-refractivity contribution in [2.24, 2.45) is 0 Å². The molecule has 0 amide bonds. The molecule has 0 radical (unpaired) electrons. The predicted molar refractivity (Wildman–Crippen MR) is 89.8 cm³/mol. The molecule has 0 saturated heterocycles. The summed E-state index contributed by atoms with van der Waals surface area (Å²) in [5.74, 6) is 0. The summed E-state index contributed by atoms with van der Waals surface area (Å²) in [6.45, 7) is 0.541. The van der Waals surface area contributed by atoms with Gasteiger partial charge < -0.3 is 4.40 Å². The molecule has 5 nitrogen and oxygen atoms in total. The highest BCUT2D eigenvalue weighted by Gasteiger charge is 2.15. The van der Waals surface area contributed by atoms with Gasteiger partial charge in [0.25, 0.3) is 0 Å². The van der Waals surface area contributed by atoms with Crippen molar-refractivity contribution in [1.29, 1.82) is 0 Å². The number of halogens is 2. The van der Waals surface area contributed by atoms with Crippen LogP contribution < -0.4 is 0 Å². The van der Waals surface area contributed by atoms with Crippen molar-refractivity contribution in [3.8, 4) is 11.3 Å². The van der Waals surface area contributed by atoms with Crippen LogP contribution in [0.5, 0.6) is 0 Å². The second-order valence-electron chi connectivity index (χ2n) is 5.09. The van der Waals surface area contributed by atoms with E-state index in [2.05, 4.69) is 10.3 Å².